The Balaban J connectivity index is 2.47. The normalized spacial score (nSPS) is 10.3. The summed E-state index contributed by atoms with van der Waals surface area (Å²) in [6.45, 7) is 6.86. The van der Waals surface area contributed by atoms with E-state index in [-0.39, 0.29) is 5.91 Å². The molecule has 1 aromatic rings. The number of rotatable bonds is 9. The maximum absolute atomic E-state index is 12.1. The largest absolute Gasteiger partial charge is 0.385 e. The van der Waals surface area contributed by atoms with Gasteiger partial charge in [0, 0.05) is 37.0 Å². The average Bonchev–Trinajstić information content (AvgIpc) is 2.44. The molecule has 0 fully saturated rings. The van der Waals surface area contributed by atoms with Gasteiger partial charge in [-0.1, -0.05) is 18.5 Å². The fourth-order valence-corrected chi connectivity index (χ4v) is 1.94. The summed E-state index contributed by atoms with van der Waals surface area (Å²) in [5.41, 5.74) is 1.38. The zero-order valence-electron chi connectivity index (χ0n) is 12.2. The summed E-state index contributed by atoms with van der Waals surface area (Å²) in [4.78, 5) is 12.1. The SMILES string of the molecule is CCCOCCCNC(=O)c1cc(Cl)ccc1NCC. The van der Waals surface area contributed by atoms with E-state index in [1.165, 1.54) is 0 Å². The number of carbonyl (C=O) groups excluding carboxylic acids is 1. The Hall–Kier alpha value is -1.26. The van der Waals surface area contributed by atoms with Crippen LogP contribution in [0.25, 0.3) is 0 Å². The highest BCUT2D eigenvalue weighted by atomic mass is 35.5. The first kappa shape index (κ1) is 16.8. The number of hydrogen-bond acceptors (Lipinski definition) is 3. The Kier molecular flexibility index (Phi) is 8.07. The second-order valence-electron chi connectivity index (χ2n) is 4.44. The zero-order valence-corrected chi connectivity index (χ0v) is 12.9. The van der Waals surface area contributed by atoms with Crippen molar-refractivity contribution in [2.24, 2.45) is 0 Å². The molecule has 0 bridgehead atoms. The van der Waals surface area contributed by atoms with Crippen LogP contribution in [0.5, 0.6) is 0 Å². The van der Waals surface area contributed by atoms with Crippen LogP contribution in [0.4, 0.5) is 5.69 Å². The van der Waals surface area contributed by atoms with E-state index in [0.717, 1.165) is 31.7 Å². The number of hydrogen-bond donors (Lipinski definition) is 2. The van der Waals surface area contributed by atoms with Gasteiger partial charge in [0.05, 0.1) is 5.56 Å². The minimum atomic E-state index is -0.112. The van der Waals surface area contributed by atoms with Crippen molar-refractivity contribution >= 4 is 23.2 Å². The highest BCUT2D eigenvalue weighted by molar-refractivity contribution is 6.31. The molecule has 20 heavy (non-hydrogen) atoms. The summed E-state index contributed by atoms with van der Waals surface area (Å²) in [7, 11) is 0. The maximum Gasteiger partial charge on any atom is 0.253 e. The molecule has 0 unspecified atom stereocenters. The average molecular weight is 299 g/mol. The molecule has 0 atom stereocenters. The summed E-state index contributed by atoms with van der Waals surface area (Å²) in [5, 5.41) is 6.60. The number of anilines is 1. The number of carbonyl (C=O) groups is 1. The van der Waals surface area contributed by atoms with Crippen LogP contribution in [0, 0.1) is 0 Å². The molecule has 112 valence electrons. The zero-order chi connectivity index (χ0) is 14.8. The van der Waals surface area contributed by atoms with E-state index < -0.39 is 0 Å². The van der Waals surface area contributed by atoms with Crippen molar-refractivity contribution < 1.29 is 9.53 Å². The summed E-state index contributed by atoms with van der Waals surface area (Å²) < 4.78 is 5.37. The predicted octanol–water partition coefficient (Wildman–Crippen LogP) is 3.32. The van der Waals surface area contributed by atoms with Crippen molar-refractivity contribution in [3.63, 3.8) is 0 Å². The van der Waals surface area contributed by atoms with Gasteiger partial charge < -0.3 is 15.4 Å². The number of amides is 1. The van der Waals surface area contributed by atoms with Crippen molar-refractivity contribution in [2.75, 3.05) is 31.6 Å². The highest BCUT2D eigenvalue weighted by Gasteiger charge is 2.11. The van der Waals surface area contributed by atoms with Gasteiger partial charge >= 0.3 is 0 Å². The molecule has 0 aliphatic carbocycles. The van der Waals surface area contributed by atoms with E-state index in [9.17, 15) is 4.79 Å². The molecular weight excluding hydrogens is 276 g/mol. The third kappa shape index (κ3) is 5.80. The van der Waals surface area contributed by atoms with Crippen molar-refractivity contribution in [2.45, 2.75) is 26.7 Å². The minimum Gasteiger partial charge on any atom is -0.385 e. The fraction of sp³-hybridized carbons (Fsp3) is 0.533. The lowest BCUT2D eigenvalue weighted by molar-refractivity contribution is 0.0942. The quantitative estimate of drug-likeness (QED) is 0.688. The smallest absolute Gasteiger partial charge is 0.253 e. The number of ether oxygens (including phenoxy) is 1. The lowest BCUT2D eigenvalue weighted by atomic mass is 10.1. The lowest BCUT2D eigenvalue weighted by Crippen LogP contribution is -2.26. The van der Waals surface area contributed by atoms with Crippen molar-refractivity contribution in [1.29, 1.82) is 0 Å². The molecule has 0 spiro atoms. The van der Waals surface area contributed by atoms with E-state index >= 15 is 0 Å². The molecule has 2 N–H and O–H groups in total. The molecule has 0 aliphatic heterocycles. The van der Waals surface area contributed by atoms with E-state index in [1.54, 1.807) is 12.1 Å². The Labute approximate surface area is 125 Å². The van der Waals surface area contributed by atoms with Gasteiger partial charge in [-0.15, -0.1) is 0 Å². The van der Waals surface area contributed by atoms with Gasteiger partial charge in [0.1, 0.15) is 0 Å². The molecular formula is C15H23ClN2O2. The van der Waals surface area contributed by atoms with Gasteiger partial charge in [-0.25, -0.2) is 0 Å². The number of halogens is 1. The Morgan fingerprint density at radius 2 is 2.10 bits per heavy atom. The molecule has 0 aliphatic rings. The van der Waals surface area contributed by atoms with Gasteiger partial charge in [-0.3, -0.25) is 4.79 Å². The first-order chi connectivity index (χ1) is 9.69. The lowest BCUT2D eigenvalue weighted by Gasteiger charge is -2.11. The number of benzene rings is 1. The predicted molar refractivity (Wildman–Crippen MR) is 83.7 cm³/mol. The maximum atomic E-state index is 12.1. The van der Waals surface area contributed by atoms with Gasteiger partial charge in [-0.05, 0) is 38.0 Å². The number of nitrogens with one attached hydrogen (secondary N) is 2. The van der Waals surface area contributed by atoms with Crippen LogP contribution < -0.4 is 10.6 Å². The molecule has 4 nitrogen and oxygen atoms in total. The Morgan fingerprint density at radius 3 is 2.80 bits per heavy atom. The van der Waals surface area contributed by atoms with Crippen LogP contribution >= 0.6 is 11.6 Å². The van der Waals surface area contributed by atoms with Crippen molar-refractivity contribution in [3.05, 3.63) is 28.8 Å². The Morgan fingerprint density at radius 1 is 1.30 bits per heavy atom. The summed E-state index contributed by atoms with van der Waals surface area (Å²) in [6.07, 6.45) is 1.82. The van der Waals surface area contributed by atoms with E-state index in [4.69, 9.17) is 16.3 Å². The van der Waals surface area contributed by atoms with Gasteiger partial charge in [0.2, 0.25) is 0 Å². The van der Waals surface area contributed by atoms with Crippen molar-refractivity contribution in [3.8, 4) is 0 Å². The van der Waals surface area contributed by atoms with Crippen LogP contribution in [0.1, 0.15) is 37.0 Å². The Bertz CT molecular complexity index is 424. The highest BCUT2D eigenvalue weighted by Crippen LogP contribution is 2.20. The summed E-state index contributed by atoms with van der Waals surface area (Å²) in [6, 6.07) is 5.28. The van der Waals surface area contributed by atoms with Gasteiger partial charge in [0.15, 0.2) is 0 Å². The van der Waals surface area contributed by atoms with Crippen LogP contribution in [0.2, 0.25) is 5.02 Å². The molecule has 0 saturated carbocycles. The third-order valence-electron chi connectivity index (χ3n) is 2.69. The van der Waals surface area contributed by atoms with Crippen LogP contribution in [0.3, 0.4) is 0 Å². The second-order valence-corrected chi connectivity index (χ2v) is 4.88. The molecule has 0 heterocycles. The monoisotopic (exact) mass is 298 g/mol. The first-order valence-corrected chi connectivity index (χ1v) is 7.46. The van der Waals surface area contributed by atoms with E-state index in [0.29, 0.717) is 23.7 Å². The molecule has 0 aromatic heterocycles. The third-order valence-corrected chi connectivity index (χ3v) is 2.93. The van der Waals surface area contributed by atoms with Crippen LogP contribution in [-0.2, 0) is 4.74 Å². The van der Waals surface area contributed by atoms with Gasteiger partial charge in [0.25, 0.3) is 5.91 Å². The molecule has 5 heteroatoms. The van der Waals surface area contributed by atoms with E-state index in [1.807, 2.05) is 13.0 Å². The molecule has 1 rings (SSSR count). The summed E-state index contributed by atoms with van der Waals surface area (Å²) >= 11 is 5.95. The van der Waals surface area contributed by atoms with Gasteiger partial charge in [-0.2, -0.15) is 0 Å². The first-order valence-electron chi connectivity index (χ1n) is 7.08. The molecule has 1 amide bonds. The minimum absolute atomic E-state index is 0.112. The standard InChI is InChI=1S/C15H23ClN2O2/c1-3-9-20-10-5-8-18-15(19)13-11-12(16)6-7-14(13)17-4-2/h6-7,11,17H,3-5,8-10H2,1-2H3,(H,18,19). The van der Waals surface area contributed by atoms with E-state index in [2.05, 4.69) is 17.6 Å². The van der Waals surface area contributed by atoms with Crippen LogP contribution in [0.15, 0.2) is 18.2 Å². The molecule has 1 aromatic carbocycles. The topological polar surface area (TPSA) is 50.4 Å². The van der Waals surface area contributed by atoms with Crippen LogP contribution in [-0.4, -0.2) is 32.2 Å². The molecule has 0 radical (unpaired) electrons. The second kappa shape index (κ2) is 9.61. The fourth-order valence-electron chi connectivity index (χ4n) is 1.77. The molecule has 0 saturated heterocycles. The van der Waals surface area contributed by atoms with Crippen molar-refractivity contribution in [1.82, 2.24) is 5.32 Å². The summed E-state index contributed by atoms with van der Waals surface area (Å²) in [5.74, 6) is -0.112.